The first-order chi connectivity index (χ1) is 11.5. The number of hydrogen-bond acceptors (Lipinski definition) is 2. The third-order valence-electron chi connectivity index (χ3n) is 4.23. The van der Waals surface area contributed by atoms with Crippen molar-refractivity contribution in [3.63, 3.8) is 0 Å². The third-order valence-corrected chi connectivity index (χ3v) is 4.75. The number of anilines is 2. The number of nitrogens with one attached hydrogen (secondary N) is 1. The Morgan fingerprint density at radius 3 is 2.54 bits per heavy atom. The standard InChI is InChI=1S/C18H17Cl2FN2O/c19-13-2-1-3-15(10-13)23-8-6-12(7-9-23)18(24)22-14-4-5-17(21)16(20)11-14/h1-5,10-12H,6-9H2,(H,22,24). The van der Waals surface area contributed by atoms with Crippen LogP contribution < -0.4 is 10.2 Å². The molecule has 0 aliphatic carbocycles. The fraction of sp³-hybridized carbons (Fsp3) is 0.278. The monoisotopic (exact) mass is 366 g/mol. The number of carbonyl (C=O) groups excluding carboxylic acids is 1. The Morgan fingerprint density at radius 2 is 1.88 bits per heavy atom. The minimum atomic E-state index is -0.496. The number of benzene rings is 2. The summed E-state index contributed by atoms with van der Waals surface area (Å²) >= 11 is 11.8. The summed E-state index contributed by atoms with van der Waals surface area (Å²) in [5, 5.41) is 3.53. The van der Waals surface area contributed by atoms with E-state index >= 15 is 0 Å². The molecule has 1 N–H and O–H groups in total. The SMILES string of the molecule is O=C(Nc1ccc(F)c(Cl)c1)C1CCN(c2cccc(Cl)c2)CC1. The average molecular weight is 367 g/mol. The van der Waals surface area contributed by atoms with Gasteiger partial charge in [0, 0.05) is 35.4 Å². The number of halogens is 3. The molecule has 1 heterocycles. The molecule has 1 fully saturated rings. The van der Waals surface area contributed by atoms with Crippen LogP contribution in [0.3, 0.4) is 0 Å². The van der Waals surface area contributed by atoms with Gasteiger partial charge in [0.1, 0.15) is 5.82 Å². The molecule has 1 aliphatic heterocycles. The predicted molar refractivity (Wildman–Crippen MR) is 96.4 cm³/mol. The van der Waals surface area contributed by atoms with Gasteiger partial charge in [0.15, 0.2) is 0 Å². The molecule has 1 aliphatic rings. The fourth-order valence-electron chi connectivity index (χ4n) is 2.89. The highest BCUT2D eigenvalue weighted by atomic mass is 35.5. The van der Waals surface area contributed by atoms with Crippen molar-refractivity contribution in [2.45, 2.75) is 12.8 Å². The molecule has 3 nitrogen and oxygen atoms in total. The Labute approximate surface area is 150 Å². The molecule has 1 amide bonds. The van der Waals surface area contributed by atoms with Crippen LogP contribution in [0.1, 0.15) is 12.8 Å². The van der Waals surface area contributed by atoms with E-state index in [9.17, 15) is 9.18 Å². The highest BCUT2D eigenvalue weighted by Crippen LogP contribution is 2.27. The summed E-state index contributed by atoms with van der Waals surface area (Å²) in [7, 11) is 0. The number of piperidine rings is 1. The van der Waals surface area contributed by atoms with Crippen molar-refractivity contribution in [3.8, 4) is 0 Å². The molecule has 0 saturated carbocycles. The van der Waals surface area contributed by atoms with Crippen molar-refractivity contribution < 1.29 is 9.18 Å². The molecule has 0 spiro atoms. The van der Waals surface area contributed by atoms with Crippen LogP contribution >= 0.6 is 23.2 Å². The van der Waals surface area contributed by atoms with Crippen molar-refractivity contribution in [2.24, 2.45) is 5.92 Å². The number of nitrogens with zero attached hydrogens (tertiary/aromatic N) is 1. The predicted octanol–water partition coefficient (Wildman–Crippen LogP) is 4.99. The summed E-state index contributed by atoms with van der Waals surface area (Å²) in [4.78, 5) is 14.6. The zero-order valence-electron chi connectivity index (χ0n) is 12.9. The van der Waals surface area contributed by atoms with Gasteiger partial charge in [0.2, 0.25) is 5.91 Å². The molecule has 0 unspecified atom stereocenters. The van der Waals surface area contributed by atoms with E-state index in [1.54, 1.807) is 0 Å². The molecule has 6 heteroatoms. The van der Waals surface area contributed by atoms with Gasteiger partial charge >= 0.3 is 0 Å². The first-order valence-electron chi connectivity index (χ1n) is 7.79. The molecular formula is C18H17Cl2FN2O. The van der Waals surface area contributed by atoms with Crippen LogP contribution in [0.2, 0.25) is 10.0 Å². The fourth-order valence-corrected chi connectivity index (χ4v) is 3.26. The summed E-state index contributed by atoms with van der Waals surface area (Å²) < 4.78 is 13.2. The smallest absolute Gasteiger partial charge is 0.227 e. The lowest BCUT2D eigenvalue weighted by Gasteiger charge is -2.33. The summed E-state index contributed by atoms with van der Waals surface area (Å²) in [6.07, 6.45) is 1.51. The van der Waals surface area contributed by atoms with E-state index in [2.05, 4.69) is 10.2 Å². The maximum absolute atomic E-state index is 13.2. The van der Waals surface area contributed by atoms with Gasteiger partial charge in [-0.25, -0.2) is 4.39 Å². The van der Waals surface area contributed by atoms with Gasteiger partial charge in [-0.15, -0.1) is 0 Å². The first kappa shape index (κ1) is 17.1. The molecule has 2 aromatic carbocycles. The summed E-state index contributed by atoms with van der Waals surface area (Å²) in [6, 6.07) is 11.9. The van der Waals surface area contributed by atoms with Crippen molar-refractivity contribution in [3.05, 3.63) is 58.3 Å². The molecule has 0 atom stereocenters. The zero-order chi connectivity index (χ0) is 17.1. The molecule has 126 valence electrons. The van der Waals surface area contributed by atoms with Crippen LogP contribution in [0, 0.1) is 11.7 Å². The van der Waals surface area contributed by atoms with Crippen molar-refractivity contribution in [1.82, 2.24) is 0 Å². The average Bonchev–Trinajstić information content (AvgIpc) is 2.58. The van der Waals surface area contributed by atoms with Crippen LogP contribution in [-0.4, -0.2) is 19.0 Å². The lowest BCUT2D eigenvalue weighted by molar-refractivity contribution is -0.120. The normalized spacial score (nSPS) is 15.4. The van der Waals surface area contributed by atoms with Crippen LogP contribution in [0.25, 0.3) is 0 Å². The van der Waals surface area contributed by atoms with E-state index in [1.807, 2.05) is 24.3 Å². The maximum atomic E-state index is 13.2. The minimum absolute atomic E-state index is 0.00331. The van der Waals surface area contributed by atoms with Gasteiger partial charge in [-0.3, -0.25) is 4.79 Å². The first-order valence-corrected chi connectivity index (χ1v) is 8.55. The van der Waals surface area contributed by atoms with E-state index in [0.29, 0.717) is 10.7 Å². The van der Waals surface area contributed by atoms with Gasteiger partial charge in [0.25, 0.3) is 0 Å². The molecule has 1 saturated heterocycles. The van der Waals surface area contributed by atoms with Gasteiger partial charge in [-0.2, -0.15) is 0 Å². The Hall–Kier alpha value is -1.78. The zero-order valence-corrected chi connectivity index (χ0v) is 14.4. The van der Waals surface area contributed by atoms with E-state index in [1.165, 1.54) is 18.2 Å². The van der Waals surface area contributed by atoms with Crippen LogP contribution in [0.15, 0.2) is 42.5 Å². The second-order valence-corrected chi connectivity index (χ2v) is 6.70. The quantitative estimate of drug-likeness (QED) is 0.829. The molecule has 24 heavy (non-hydrogen) atoms. The van der Waals surface area contributed by atoms with E-state index in [0.717, 1.165) is 31.6 Å². The summed E-state index contributed by atoms with van der Waals surface area (Å²) in [5.74, 6) is -0.614. The molecule has 0 radical (unpaired) electrons. The molecule has 0 bridgehead atoms. The Morgan fingerprint density at radius 1 is 1.12 bits per heavy atom. The number of hydrogen-bond donors (Lipinski definition) is 1. The minimum Gasteiger partial charge on any atom is -0.371 e. The Kier molecular flexibility index (Phi) is 5.27. The lowest BCUT2D eigenvalue weighted by Crippen LogP contribution is -2.38. The van der Waals surface area contributed by atoms with E-state index in [4.69, 9.17) is 23.2 Å². The van der Waals surface area contributed by atoms with Gasteiger partial charge in [0.05, 0.1) is 5.02 Å². The third kappa shape index (κ3) is 4.00. The molecule has 3 rings (SSSR count). The number of amides is 1. The van der Waals surface area contributed by atoms with Crippen LogP contribution in [-0.2, 0) is 4.79 Å². The highest BCUT2D eigenvalue weighted by Gasteiger charge is 2.25. The van der Waals surface area contributed by atoms with Crippen LogP contribution in [0.5, 0.6) is 0 Å². The molecule has 2 aromatic rings. The van der Waals surface area contributed by atoms with Crippen molar-refractivity contribution in [2.75, 3.05) is 23.3 Å². The highest BCUT2D eigenvalue weighted by molar-refractivity contribution is 6.31. The van der Waals surface area contributed by atoms with E-state index < -0.39 is 5.82 Å². The van der Waals surface area contributed by atoms with Gasteiger partial charge in [-0.05, 0) is 49.2 Å². The second kappa shape index (κ2) is 7.41. The van der Waals surface area contributed by atoms with Crippen molar-refractivity contribution >= 4 is 40.5 Å². The van der Waals surface area contributed by atoms with E-state index in [-0.39, 0.29) is 16.8 Å². The van der Waals surface area contributed by atoms with Crippen molar-refractivity contribution in [1.29, 1.82) is 0 Å². The molecule has 0 aromatic heterocycles. The number of rotatable bonds is 3. The lowest BCUT2D eigenvalue weighted by atomic mass is 9.95. The topological polar surface area (TPSA) is 32.3 Å². The Balaban J connectivity index is 1.58. The number of carbonyl (C=O) groups is 1. The van der Waals surface area contributed by atoms with Gasteiger partial charge < -0.3 is 10.2 Å². The largest absolute Gasteiger partial charge is 0.371 e. The van der Waals surface area contributed by atoms with Gasteiger partial charge in [-0.1, -0.05) is 29.3 Å². The Bertz CT molecular complexity index is 746. The summed E-state index contributed by atoms with van der Waals surface area (Å²) in [5.41, 5.74) is 1.59. The maximum Gasteiger partial charge on any atom is 0.227 e. The van der Waals surface area contributed by atoms with Crippen LogP contribution in [0.4, 0.5) is 15.8 Å². The second-order valence-electron chi connectivity index (χ2n) is 5.86. The molecular weight excluding hydrogens is 350 g/mol. The summed E-state index contributed by atoms with van der Waals surface area (Å²) in [6.45, 7) is 1.59.